The predicted octanol–water partition coefficient (Wildman–Crippen LogP) is 5.40. The van der Waals surface area contributed by atoms with Crippen LogP contribution in [0.2, 0.25) is 0 Å². The number of aromatic nitrogens is 4. The minimum Gasteiger partial charge on any atom is -0.351 e. The molecule has 1 fully saturated rings. The van der Waals surface area contributed by atoms with E-state index in [0.717, 1.165) is 0 Å². The van der Waals surface area contributed by atoms with Crippen molar-refractivity contribution in [3.63, 3.8) is 0 Å². The number of nitrogens with zero attached hydrogens (tertiary/aromatic N) is 4. The highest BCUT2D eigenvalue weighted by atomic mass is 19.3. The number of benzene rings is 1. The van der Waals surface area contributed by atoms with E-state index in [-0.39, 0.29) is 23.2 Å². The first-order chi connectivity index (χ1) is 15.9. The Morgan fingerprint density at radius 2 is 1.73 bits per heavy atom. The number of carbonyl (C=O) groups excluding carboxylic acids is 1. The van der Waals surface area contributed by atoms with Crippen molar-refractivity contribution in [3.05, 3.63) is 53.9 Å². The second kappa shape index (κ2) is 10.1. The minimum atomic E-state index is -2.76. The number of hydrogen-bond acceptors (Lipinski definition) is 5. The molecule has 0 saturated heterocycles. The number of rotatable bonds is 4. The molecule has 2 aliphatic rings. The summed E-state index contributed by atoms with van der Waals surface area (Å²) in [6, 6.07) is 8.23. The van der Waals surface area contributed by atoms with Gasteiger partial charge in [-0.25, -0.2) is 18.1 Å². The summed E-state index contributed by atoms with van der Waals surface area (Å²) < 4.78 is 30.0. The maximum Gasteiger partial charge on any atom is 0.282 e. The lowest BCUT2D eigenvalue weighted by Gasteiger charge is -2.15. The SMILES string of the molecule is C1CCCCC1.CC(=O)c1ccc(-n2cc(-c3cc4n(n3)C=CC(N)N4)c(C(F)F)n2)cc1. The number of nitrogens with one attached hydrogen (secondary N) is 1. The topological polar surface area (TPSA) is 90.8 Å². The van der Waals surface area contributed by atoms with Crippen LogP contribution in [0.5, 0.6) is 0 Å². The molecule has 1 aliphatic carbocycles. The van der Waals surface area contributed by atoms with Crippen LogP contribution in [0.25, 0.3) is 23.1 Å². The molecule has 1 aromatic carbocycles. The second-order valence-corrected chi connectivity index (χ2v) is 8.27. The molecular formula is C24H28F2N6O. The molecule has 0 radical (unpaired) electrons. The van der Waals surface area contributed by atoms with Crippen molar-refractivity contribution in [3.8, 4) is 16.9 Å². The van der Waals surface area contributed by atoms with E-state index in [9.17, 15) is 13.6 Å². The van der Waals surface area contributed by atoms with Crippen LogP contribution < -0.4 is 11.1 Å². The normalized spacial score (nSPS) is 17.2. The van der Waals surface area contributed by atoms with Gasteiger partial charge < -0.3 is 11.1 Å². The number of ketones is 1. The Morgan fingerprint density at radius 1 is 1.09 bits per heavy atom. The summed E-state index contributed by atoms with van der Waals surface area (Å²) in [4.78, 5) is 11.4. The van der Waals surface area contributed by atoms with Crippen molar-refractivity contribution < 1.29 is 13.6 Å². The molecule has 1 unspecified atom stereocenters. The Balaban J connectivity index is 0.000000376. The molecule has 0 spiro atoms. The standard InChI is InChI=1S/C18H16F2N6O.C6H12/c1-10(27)11-2-4-12(5-3-11)26-9-13(17(24-26)18(19)20)14-8-16-22-15(21)6-7-25(16)23-14;1-2-4-6-5-3-1/h2-9,15,18,22H,21H2,1H3;1-6H2. The molecule has 1 atom stereocenters. The molecule has 1 saturated carbocycles. The van der Waals surface area contributed by atoms with E-state index in [1.807, 2.05) is 0 Å². The van der Waals surface area contributed by atoms with Gasteiger partial charge in [-0.05, 0) is 37.3 Å². The van der Waals surface area contributed by atoms with E-state index >= 15 is 0 Å². The number of halogens is 2. The van der Waals surface area contributed by atoms with Gasteiger partial charge in [0.2, 0.25) is 0 Å². The molecule has 0 bridgehead atoms. The van der Waals surface area contributed by atoms with Crippen LogP contribution in [0.3, 0.4) is 0 Å². The van der Waals surface area contributed by atoms with Crippen LogP contribution >= 0.6 is 0 Å². The van der Waals surface area contributed by atoms with Gasteiger partial charge in [0.15, 0.2) is 5.78 Å². The third-order valence-corrected chi connectivity index (χ3v) is 5.75. The van der Waals surface area contributed by atoms with Crippen LogP contribution in [-0.2, 0) is 0 Å². The molecule has 7 nitrogen and oxygen atoms in total. The Morgan fingerprint density at radius 3 is 2.30 bits per heavy atom. The average Bonchev–Trinajstić information content (AvgIpc) is 3.45. The highest BCUT2D eigenvalue weighted by Crippen LogP contribution is 2.32. The Hall–Kier alpha value is -3.33. The summed E-state index contributed by atoms with van der Waals surface area (Å²) in [6.45, 7) is 1.46. The average molecular weight is 455 g/mol. The molecule has 3 aromatic rings. The van der Waals surface area contributed by atoms with E-state index in [1.54, 1.807) is 42.6 Å². The summed E-state index contributed by atoms with van der Waals surface area (Å²) >= 11 is 0. The van der Waals surface area contributed by atoms with Gasteiger partial charge >= 0.3 is 0 Å². The fourth-order valence-electron chi connectivity index (χ4n) is 3.93. The number of nitrogens with two attached hydrogens (primary N) is 1. The Labute approximate surface area is 191 Å². The van der Waals surface area contributed by atoms with E-state index < -0.39 is 6.43 Å². The van der Waals surface area contributed by atoms with E-state index in [4.69, 9.17) is 5.73 Å². The molecule has 3 N–H and O–H groups in total. The van der Waals surface area contributed by atoms with Gasteiger partial charge in [0.25, 0.3) is 6.43 Å². The van der Waals surface area contributed by atoms with Gasteiger partial charge in [0.1, 0.15) is 11.5 Å². The molecule has 174 valence electrons. The number of anilines is 1. The molecule has 5 rings (SSSR count). The predicted molar refractivity (Wildman–Crippen MR) is 124 cm³/mol. The summed E-state index contributed by atoms with van der Waals surface area (Å²) in [5, 5.41) is 11.3. The second-order valence-electron chi connectivity index (χ2n) is 8.27. The third kappa shape index (κ3) is 5.36. The van der Waals surface area contributed by atoms with Crippen molar-refractivity contribution in [2.75, 3.05) is 5.32 Å². The number of hydrogen-bond donors (Lipinski definition) is 2. The van der Waals surface area contributed by atoms with Gasteiger partial charge in [-0.15, -0.1) is 0 Å². The van der Waals surface area contributed by atoms with Gasteiger partial charge in [-0.2, -0.15) is 10.2 Å². The first kappa shape index (κ1) is 22.8. The first-order valence-corrected chi connectivity index (χ1v) is 11.2. The van der Waals surface area contributed by atoms with Gasteiger partial charge in [-0.1, -0.05) is 38.5 Å². The van der Waals surface area contributed by atoms with Crippen LogP contribution in [0, 0.1) is 0 Å². The summed E-state index contributed by atoms with van der Waals surface area (Å²) in [7, 11) is 0. The molecule has 3 heterocycles. The van der Waals surface area contributed by atoms with Crippen molar-refractivity contribution in [1.29, 1.82) is 0 Å². The molecule has 1 aliphatic heterocycles. The zero-order valence-corrected chi connectivity index (χ0v) is 18.5. The summed E-state index contributed by atoms with van der Waals surface area (Å²) in [5.41, 5.74) is 7.12. The van der Waals surface area contributed by atoms with Crippen LogP contribution in [-0.4, -0.2) is 31.5 Å². The molecule has 9 heteroatoms. The smallest absolute Gasteiger partial charge is 0.282 e. The monoisotopic (exact) mass is 454 g/mol. The van der Waals surface area contributed by atoms with Crippen molar-refractivity contribution >= 4 is 17.8 Å². The van der Waals surface area contributed by atoms with Crippen LogP contribution in [0.15, 0.2) is 42.6 Å². The highest BCUT2D eigenvalue weighted by molar-refractivity contribution is 5.94. The Kier molecular flexibility index (Phi) is 6.98. The van der Waals surface area contributed by atoms with Crippen LogP contribution in [0.4, 0.5) is 14.6 Å². The summed E-state index contributed by atoms with van der Waals surface area (Å²) in [5.74, 6) is 0.539. The van der Waals surface area contributed by atoms with Gasteiger partial charge in [-0.3, -0.25) is 4.79 Å². The van der Waals surface area contributed by atoms with Crippen LogP contribution in [0.1, 0.15) is 67.9 Å². The lowest BCUT2D eigenvalue weighted by Crippen LogP contribution is -2.30. The maximum absolute atomic E-state index is 13.6. The number of carbonyl (C=O) groups is 1. The number of fused-ring (bicyclic) bond motifs is 1. The highest BCUT2D eigenvalue weighted by Gasteiger charge is 2.23. The summed E-state index contributed by atoms with van der Waals surface area (Å²) in [6.07, 6.45) is 10.8. The van der Waals surface area contributed by atoms with E-state index in [2.05, 4.69) is 15.5 Å². The van der Waals surface area contributed by atoms with Gasteiger partial charge in [0.05, 0.1) is 17.5 Å². The fourth-order valence-corrected chi connectivity index (χ4v) is 3.93. The van der Waals surface area contributed by atoms with Crippen molar-refractivity contribution in [1.82, 2.24) is 19.6 Å². The number of Topliss-reactive ketones (excluding diaryl/α,β-unsaturated/α-hetero) is 1. The number of alkyl halides is 2. The molecule has 2 aromatic heterocycles. The minimum absolute atomic E-state index is 0.0710. The molecule has 33 heavy (non-hydrogen) atoms. The first-order valence-electron chi connectivity index (χ1n) is 11.2. The zero-order chi connectivity index (χ0) is 23.4. The molecular weight excluding hydrogens is 426 g/mol. The quantitative estimate of drug-likeness (QED) is 0.515. The Bertz CT molecular complexity index is 1120. The maximum atomic E-state index is 13.6. The van der Waals surface area contributed by atoms with E-state index in [0.29, 0.717) is 22.8 Å². The lowest BCUT2D eigenvalue weighted by atomic mass is 10.0. The van der Waals surface area contributed by atoms with Crippen molar-refractivity contribution in [2.45, 2.75) is 58.0 Å². The van der Waals surface area contributed by atoms with Gasteiger partial charge in [0, 0.05) is 29.6 Å². The molecule has 0 amide bonds. The lowest BCUT2D eigenvalue weighted by molar-refractivity contribution is 0.101. The van der Waals surface area contributed by atoms with Crippen molar-refractivity contribution in [2.24, 2.45) is 5.73 Å². The largest absolute Gasteiger partial charge is 0.351 e. The third-order valence-electron chi connectivity index (χ3n) is 5.75. The van der Waals surface area contributed by atoms with E-state index in [1.165, 1.54) is 61.0 Å². The fraction of sp³-hybridized carbons (Fsp3) is 0.375. The zero-order valence-electron chi connectivity index (χ0n) is 18.5.